The molecular weight excluding hydrogens is 488 g/mol. The number of nitrogens with zero attached hydrogens (tertiary/aromatic N) is 4. The maximum atomic E-state index is 5.97. The van der Waals surface area contributed by atoms with Crippen LogP contribution in [0.15, 0.2) is 97.1 Å². The van der Waals surface area contributed by atoms with Crippen molar-refractivity contribution >= 4 is 16.7 Å². The van der Waals surface area contributed by atoms with Gasteiger partial charge in [0.25, 0.3) is 0 Å². The molecule has 0 atom stereocenters. The fourth-order valence-electron chi connectivity index (χ4n) is 5.14. The fourth-order valence-corrected chi connectivity index (χ4v) is 5.14. The van der Waals surface area contributed by atoms with Gasteiger partial charge in [-0.15, -0.1) is 0 Å². The lowest BCUT2D eigenvalue weighted by Gasteiger charge is -2.36. The Morgan fingerprint density at radius 1 is 0.692 bits per heavy atom. The highest BCUT2D eigenvalue weighted by atomic mass is 16.7. The Morgan fingerprint density at radius 3 is 2.28 bits per heavy atom. The molecule has 2 aliphatic rings. The van der Waals surface area contributed by atoms with Crippen LogP contribution in [0.3, 0.4) is 0 Å². The largest absolute Gasteiger partial charge is 0.457 e. The quantitative estimate of drug-likeness (QED) is 0.269. The van der Waals surface area contributed by atoms with Crippen LogP contribution in [-0.2, 0) is 6.54 Å². The highest BCUT2D eigenvalue weighted by Gasteiger charge is 2.22. The monoisotopic (exact) mass is 516 g/mol. The van der Waals surface area contributed by atoms with Crippen LogP contribution in [0.2, 0.25) is 0 Å². The van der Waals surface area contributed by atoms with Crippen LogP contribution >= 0.6 is 0 Å². The summed E-state index contributed by atoms with van der Waals surface area (Å²) in [6, 6.07) is 32.3. The summed E-state index contributed by atoms with van der Waals surface area (Å²) in [4.78, 5) is 14.8. The minimum Gasteiger partial charge on any atom is -0.457 e. The van der Waals surface area contributed by atoms with Crippen LogP contribution in [0.25, 0.3) is 22.3 Å². The van der Waals surface area contributed by atoms with E-state index in [9.17, 15) is 0 Å². The number of fused-ring (bicyclic) bond motifs is 2. The molecule has 1 fully saturated rings. The summed E-state index contributed by atoms with van der Waals surface area (Å²) >= 11 is 0. The van der Waals surface area contributed by atoms with Gasteiger partial charge in [0.05, 0.1) is 5.52 Å². The molecule has 39 heavy (non-hydrogen) atoms. The maximum Gasteiger partial charge on any atom is 0.231 e. The van der Waals surface area contributed by atoms with Crippen LogP contribution in [0.1, 0.15) is 5.56 Å². The average molecular weight is 517 g/mol. The topological polar surface area (TPSA) is 60.0 Å². The first-order chi connectivity index (χ1) is 19.3. The molecule has 0 spiro atoms. The number of benzene rings is 4. The molecule has 7 rings (SSSR count). The average Bonchev–Trinajstić information content (AvgIpc) is 3.46. The van der Waals surface area contributed by atoms with Crippen molar-refractivity contribution in [1.82, 2.24) is 14.9 Å². The van der Waals surface area contributed by atoms with Crippen molar-refractivity contribution in [3.8, 4) is 34.4 Å². The SMILES string of the molecule is c1ccc(Oc2ccc(-c3nc(N4CCN(Cc5ccc6c(c5)OCO6)CC4)c4ccccc4n3)cc2)cc1. The molecule has 0 saturated carbocycles. The molecule has 4 aromatic carbocycles. The van der Waals surface area contributed by atoms with E-state index in [4.69, 9.17) is 24.2 Å². The van der Waals surface area contributed by atoms with E-state index in [0.717, 1.165) is 83.8 Å². The van der Waals surface area contributed by atoms with Crippen molar-refractivity contribution in [1.29, 1.82) is 0 Å². The lowest BCUT2D eigenvalue weighted by Crippen LogP contribution is -2.46. The van der Waals surface area contributed by atoms with Gasteiger partial charge in [0.1, 0.15) is 17.3 Å². The highest BCUT2D eigenvalue weighted by Crippen LogP contribution is 2.33. The van der Waals surface area contributed by atoms with Crippen molar-refractivity contribution in [2.75, 3.05) is 37.9 Å². The van der Waals surface area contributed by atoms with Crippen LogP contribution in [0.5, 0.6) is 23.0 Å². The summed E-state index contributed by atoms with van der Waals surface area (Å²) in [5, 5.41) is 1.08. The predicted octanol–water partition coefficient (Wildman–Crippen LogP) is 6.14. The van der Waals surface area contributed by atoms with Gasteiger partial charge in [-0.25, -0.2) is 9.97 Å². The Kier molecular flexibility index (Phi) is 6.19. The second-order valence-corrected chi connectivity index (χ2v) is 9.78. The Balaban J connectivity index is 1.09. The Hall–Kier alpha value is -4.62. The molecular formula is C32H28N4O3. The summed E-state index contributed by atoms with van der Waals surface area (Å²) < 4.78 is 17.0. The van der Waals surface area contributed by atoms with E-state index in [2.05, 4.69) is 40.1 Å². The van der Waals surface area contributed by atoms with E-state index in [1.165, 1.54) is 5.56 Å². The minimum atomic E-state index is 0.304. The lowest BCUT2D eigenvalue weighted by molar-refractivity contribution is 0.174. The second-order valence-electron chi connectivity index (χ2n) is 9.78. The molecule has 2 aliphatic heterocycles. The first kappa shape index (κ1) is 23.5. The predicted molar refractivity (Wildman–Crippen MR) is 152 cm³/mol. The van der Waals surface area contributed by atoms with Gasteiger partial charge >= 0.3 is 0 Å². The number of ether oxygens (including phenoxy) is 3. The number of para-hydroxylation sites is 2. The van der Waals surface area contributed by atoms with Crippen molar-refractivity contribution in [2.24, 2.45) is 0 Å². The summed E-state index contributed by atoms with van der Waals surface area (Å²) in [6.45, 7) is 4.89. The summed E-state index contributed by atoms with van der Waals surface area (Å²) in [5.74, 6) is 4.97. The smallest absolute Gasteiger partial charge is 0.231 e. The molecule has 0 N–H and O–H groups in total. The third kappa shape index (κ3) is 4.96. The van der Waals surface area contributed by atoms with E-state index in [1.54, 1.807) is 0 Å². The van der Waals surface area contributed by atoms with Crippen molar-refractivity contribution in [2.45, 2.75) is 6.54 Å². The van der Waals surface area contributed by atoms with E-state index in [0.29, 0.717) is 6.79 Å². The summed E-state index contributed by atoms with van der Waals surface area (Å²) in [7, 11) is 0. The second kappa shape index (κ2) is 10.3. The minimum absolute atomic E-state index is 0.304. The lowest BCUT2D eigenvalue weighted by atomic mass is 10.1. The van der Waals surface area contributed by atoms with Crippen LogP contribution in [-0.4, -0.2) is 47.8 Å². The molecule has 1 aromatic heterocycles. The molecule has 0 amide bonds. The number of anilines is 1. The van der Waals surface area contributed by atoms with Crippen LogP contribution in [0.4, 0.5) is 5.82 Å². The first-order valence-electron chi connectivity index (χ1n) is 13.2. The van der Waals surface area contributed by atoms with Gasteiger partial charge in [0, 0.05) is 43.7 Å². The zero-order valence-corrected chi connectivity index (χ0v) is 21.5. The maximum absolute atomic E-state index is 5.97. The zero-order valence-electron chi connectivity index (χ0n) is 21.5. The van der Waals surface area contributed by atoms with Crippen molar-refractivity contribution < 1.29 is 14.2 Å². The van der Waals surface area contributed by atoms with Crippen molar-refractivity contribution in [3.63, 3.8) is 0 Å². The molecule has 7 heteroatoms. The fraction of sp³-hybridized carbons (Fsp3) is 0.188. The first-order valence-corrected chi connectivity index (χ1v) is 13.2. The number of hydrogen-bond acceptors (Lipinski definition) is 7. The van der Waals surface area contributed by atoms with Gasteiger partial charge in [0.2, 0.25) is 6.79 Å². The van der Waals surface area contributed by atoms with E-state index < -0.39 is 0 Å². The normalized spacial score (nSPS) is 15.0. The Labute approximate surface area is 227 Å². The van der Waals surface area contributed by atoms with E-state index >= 15 is 0 Å². The Morgan fingerprint density at radius 2 is 1.44 bits per heavy atom. The van der Waals surface area contributed by atoms with Gasteiger partial charge < -0.3 is 19.1 Å². The van der Waals surface area contributed by atoms with Crippen LogP contribution < -0.4 is 19.1 Å². The number of aromatic nitrogens is 2. The third-order valence-electron chi connectivity index (χ3n) is 7.19. The van der Waals surface area contributed by atoms with Gasteiger partial charge in [-0.1, -0.05) is 36.4 Å². The highest BCUT2D eigenvalue weighted by molar-refractivity contribution is 5.91. The number of hydrogen-bond donors (Lipinski definition) is 0. The number of rotatable bonds is 6. The molecule has 7 nitrogen and oxygen atoms in total. The molecule has 5 aromatic rings. The van der Waals surface area contributed by atoms with Crippen molar-refractivity contribution in [3.05, 3.63) is 103 Å². The summed E-state index contributed by atoms with van der Waals surface area (Å²) in [5.41, 5.74) is 3.15. The standard InChI is InChI=1S/C32H28N4O3/c1-2-6-25(7-3-1)39-26-13-11-24(12-14-26)31-33-28-9-5-4-8-27(28)32(34-31)36-18-16-35(17-19-36)21-23-10-15-29-30(20-23)38-22-37-29/h1-15,20H,16-19,21-22H2. The zero-order chi connectivity index (χ0) is 26.0. The Bertz CT molecular complexity index is 1600. The molecule has 194 valence electrons. The molecule has 3 heterocycles. The van der Waals surface area contributed by atoms with E-state index in [-0.39, 0.29) is 0 Å². The molecule has 1 saturated heterocycles. The van der Waals surface area contributed by atoms with Gasteiger partial charge in [0.15, 0.2) is 17.3 Å². The third-order valence-corrected chi connectivity index (χ3v) is 7.19. The van der Waals surface area contributed by atoms with Gasteiger partial charge in [-0.2, -0.15) is 0 Å². The van der Waals surface area contributed by atoms with Crippen LogP contribution in [0, 0.1) is 0 Å². The molecule has 0 aliphatic carbocycles. The van der Waals surface area contributed by atoms with E-state index in [1.807, 2.05) is 66.7 Å². The number of piperazine rings is 1. The molecule has 0 unspecified atom stereocenters. The van der Waals surface area contributed by atoms with Gasteiger partial charge in [-0.05, 0) is 66.2 Å². The van der Waals surface area contributed by atoms with Gasteiger partial charge in [-0.3, -0.25) is 4.90 Å². The molecule has 0 bridgehead atoms. The molecule has 0 radical (unpaired) electrons. The summed E-state index contributed by atoms with van der Waals surface area (Å²) in [6.07, 6.45) is 0.